The number of carboxylic acids is 1. The smallest absolute Gasteiger partial charge is 0.548 e. The standard InChI is InChI=1S/C8H16NO5P.Na.H2O/c10-7(11)8(4-2-1-3-5-8)9-6-15(12,13)14;;/h9H,1-6H2,(H,10,11)(H2,12,13,14);;1H2/q;+1;/p-1. The molecular formula is C8H17NNaO6P. The van der Waals surface area contributed by atoms with E-state index in [-0.39, 0.29) is 35.0 Å². The van der Waals surface area contributed by atoms with E-state index in [1.165, 1.54) is 0 Å². The summed E-state index contributed by atoms with van der Waals surface area (Å²) in [5.74, 6) is -1.27. The van der Waals surface area contributed by atoms with Gasteiger partial charge in [-0.05, 0) is 12.8 Å². The Bertz CT molecular complexity index is 288. The van der Waals surface area contributed by atoms with Crippen molar-refractivity contribution in [1.82, 2.24) is 5.32 Å². The largest absolute Gasteiger partial charge is 1.00 e. The summed E-state index contributed by atoms with van der Waals surface area (Å²) in [7, 11) is -4.22. The number of aliphatic carboxylic acids is 1. The molecule has 0 spiro atoms. The zero-order valence-corrected chi connectivity index (χ0v) is 12.7. The van der Waals surface area contributed by atoms with Crippen LogP contribution in [0.3, 0.4) is 0 Å². The van der Waals surface area contributed by atoms with E-state index in [9.17, 15) is 14.5 Å². The van der Waals surface area contributed by atoms with Gasteiger partial charge in [0.15, 0.2) is 0 Å². The fourth-order valence-electron chi connectivity index (χ4n) is 1.86. The average molecular weight is 277 g/mol. The van der Waals surface area contributed by atoms with Gasteiger partial charge in [-0.25, -0.2) is 0 Å². The quantitative estimate of drug-likeness (QED) is 0.348. The van der Waals surface area contributed by atoms with Crippen LogP contribution in [0.5, 0.6) is 0 Å². The molecule has 9 heteroatoms. The Morgan fingerprint density at radius 2 is 1.76 bits per heavy atom. The predicted molar refractivity (Wildman–Crippen MR) is 54.5 cm³/mol. The van der Waals surface area contributed by atoms with Crippen molar-refractivity contribution in [2.75, 3.05) is 6.29 Å². The number of hydrogen-bond acceptors (Lipinski definition) is 4. The first kappa shape index (κ1) is 19.9. The molecule has 0 atom stereocenters. The Balaban J connectivity index is 0. The second kappa shape index (κ2) is 7.86. The van der Waals surface area contributed by atoms with Gasteiger partial charge >= 0.3 is 37.2 Å². The molecule has 1 aliphatic carbocycles. The molecule has 7 nitrogen and oxygen atoms in total. The summed E-state index contributed by atoms with van der Waals surface area (Å²) in [4.78, 5) is 28.3. The number of hydrogen-bond donors (Lipinski definition) is 3. The van der Waals surface area contributed by atoms with E-state index in [1.54, 1.807) is 0 Å². The third kappa shape index (κ3) is 6.31. The summed E-state index contributed by atoms with van der Waals surface area (Å²) in [5, 5.41) is 13.4. The maximum atomic E-state index is 11.0. The van der Waals surface area contributed by atoms with Crippen LogP contribution >= 0.6 is 7.60 Å². The van der Waals surface area contributed by atoms with Gasteiger partial charge in [0.05, 0.1) is 17.8 Å². The van der Waals surface area contributed by atoms with Crippen molar-refractivity contribution in [3.63, 3.8) is 0 Å². The van der Waals surface area contributed by atoms with Crippen molar-refractivity contribution >= 4 is 13.6 Å². The molecule has 1 aliphatic rings. The zero-order valence-electron chi connectivity index (χ0n) is 9.81. The minimum atomic E-state index is -4.22. The second-order valence-electron chi connectivity index (χ2n) is 3.93. The number of carboxylic acid groups (broad SMARTS) is 1. The van der Waals surface area contributed by atoms with Crippen molar-refractivity contribution in [3.05, 3.63) is 0 Å². The minimum Gasteiger partial charge on any atom is -0.548 e. The molecule has 0 aromatic carbocycles. The first-order chi connectivity index (χ1) is 6.86. The first-order valence-corrected chi connectivity index (χ1v) is 6.67. The van der Waals surface area contributed by atoms with Gasteiger partial charge in [0, 0.05) is 0 Å². The van der Waals surface area contributed by atoms with Crippen molar-refractivity contribution in [2.24, 2.45) is 0 Å². The molecule has 0 amide bonds. The molecule has 0 aliphatic heterocycles. The topological polar surface area (TPSA) is 141 Å². The molecule has 0 bridgehead atoms. The summed E-state index contributed by atoms with van der Waals surface area (Å²) in [5.41, 5.74) is -1.25. The molecule has 0 saturated heterocycles. The summed E-state index contributed by atoms with van der Waals surface area (Å²) in [6.07, 6.45) is 2.56. The number of rotatable bonds is 4. The van der Waals surface area contributed by atoms with Crippen molar-refractivity contribution in [2.45, 2.75) is 37.6 Å². The van der Waals surface area contributed by atoms with E-state index in [0.717, 1.165) is 19.3 Å². The molecule has 5 N–H and O–H groups in total. The van der Waals surface area contributed by atoms with Crippen LogP contribution in [0.25, 0.3) is 0 Å². The zero-order chi connectivity index (χ0) is 11.5. The van der Waals surface area contributed by atoms with E-state index >= 15 is 0 Å². The van der Waals surface area contributed by atoms with Crippen LogP contribution < -0.4 is 40.0 Å². The molecule has 0 unspecified atom stereocenters. The van der Waals surface area contributed by atoms with Crippen LogP contribution in [-0.4, -0.2) is 33.1 Å². The predicted octanol–water partition coefficient (Wildman–Crippen LogP) is -4.66. The van der Waals surface area contributed by atoms with E-state index in [4.69, 9.17) is 9.79 Å². The molecule has 96 valence electrons. The van der Waals surface area contributed by atoms with Crippen LogP contribution in [0, 0.1) is 0 Å². The Morgan fingerprint density at radius 3 is 2.12 bits per heavy atom. The second-order valence-corrected chi connectivity index (χ2v) is 5.58. The minimum absolute atomic E-state index is 0. The van der Waals surface area contributed by atoms with Crippen LogP contribution in [0.4, 0.5) is 0 Å². The molecule has 1 saturated carbocycles. The van der Waals surface area contributed by atoms with E-state index < -0.39 is 25.4 Å². The van der Waals surface area contributed by atoms with E-state index in [2.05, 4.69) is 5.32 Å². The summed E-state index contributed by atoms with van der Waals surface area (Å²) in [6.45, 7) is 0. The monoisotopic (exact) mass is 277 g/mol. The van der Waals surface area contributed by atoms with Gasteiger partial charge in [-0.15, -0.1) is 0 Å². The Kier molecular flexibility index (Phi) is 9.19. The molecule has 0 aromatic heterocycles. The maximum absolute atomic E-state index is 11.0. The summed E-state index contributed by atoms with van der Waals surface area (Å²) >= 11 is 0. The van der Waals surface area contributed by atoms with Gasteiger partial charge in [0.25, 0.3) is 0 Å². The fourth-order valence-corrected chi connectivity index (χ4v) is 2.37. The summed E-state index contributed by atoms with van der Waals surface area (Å²) < 4.78 is 10.7. The molecule has 0 aromatic rings. The van der Waals surface area contributed by atoms with Gasteiger partial charge in [0.1, 0.15) is 0 Å². The third-order valence-corrected chi connectivity index (χ3v) is 3.29. The van der Waals surface area contributed by atoms with E-state index in [0.29, 0.717) is 12.8 Å². The first-order valence-electron chi connectivity index (χ1n) is 4.87. The Hall–Kier alpha value is 0.540. The fraction of sp³-hybridized carbons (Fsp3) is 0.875. The van der Waals surface area contributed by atoms with Crippen LogP contribution in [-0.2, 0) is 9.36 Å². The van der Waals surface area contributed by atoms with Crippen LogP contribution in [0.1, 0.15) is 32.1 Å². The summed E-state index contributed by atoms with van der Waals surface area (Å²) in [6, 6.07) is 0. The number of nitrogens with one attached hydrogen (secondary N) is 1. The Labute approximate surface area is 122 Å². The molecule has 0 heterocycles. The molecule has 0 radical (unpaired) electrons. The van der Waals surface area contributed by atoms with Gasteiger partial charge in [-0.3, -0.25) is 9.88 Å². The van der Waals surface area contributed by atoms with E-state index in [1.807, 2.05) is 0 Å². The molecular weight excluding hydrogens is 260 g/mol. The molecule has 1 fully saturated rings. The van der Waals surface area contributed by atoms with Gasteiger partial charge in [-0.2, -0.15) is 0 Å². The number of carbonyl (C=O) groups excluding carboxylic acids is 1. The average Bonchev–Trinajstić information content (AvgIpc) is 2.15. The van der Waals surface area contributed by atoms with Crippen molar-refractivity contribution in [1.29, 1.82) is 0 Å². The third-order valence-electron chi connectivity index (χ3n) is 2.72. The van der Waals surface area contributed by atoms with Crippen LogP contribution in [0.2, 0.25) is 0 Å². The van der Waals surface area contributed by atoms with Crippen molar-refractivity contribution < 1.29 is 59.3 Å². The SMILES string of the molecule is O.O=C([O-])C1(NCP(=O)(O)O)CCCCC1.[Na+]. The number of carbonyl (C=O) groups is 1. The normalized spacial score (nSPS) is 18.7. The van der Waals surface area contributed by atoms with Gasteiger partial charge in [0.2, 0.25) is 0 Å². The van der Waals surface area contributed by atoms with Gasteiger partial charge < -0.3 is 25.2 Å². The van der Waals surface area contributed by atoms with Crippen molar-refractivity contribution in [3.8, 4) is 0 Å². The Morgan fingerprint density at radius 1 is 1.29 bits per heavy atom. The van der Waals surface area contributed by atoms with Crippen LogP contribution in [0.15, 0.2) is 0 Å². The van der Waals surface area contributed by atoms with Gasteiger partial charge in [-0.1, -0.05) is 19.3 Å². The molecule has 1 rings (SSSR count). The molecule has 17 heavy (non-hydrogen) atoms. The maximum Gasteiger partial charge on any atom is 1.00 e.